The van der Waals surface area contributed by atoms with Crippen molar-refractivity contribution in [3.63, 3.8) is 0 Å². The minimum Gasteiger partial charge on any atom is -0.298 e. The van der Waals surface area contributed by atoms with Crippen molar-refractivity contribution in [3.05, 3.63) is 0 Å². The van der Waals surface area contributed by atoms with E-state index in [4.69, 9.17) is 0 Å². The molecule has 60 valence electrons. The highest BCUT2D eigenvalue weighted by Gasteiger charge is 2.19. The average molecular weight is 159 g/mol. The van der Waals surface area contributed by atoms with E-state index in [1.807, 2.05) is 0 Å². The summed E-state index contributed by atoms with van der Waals surface area (Å²) >= 11 is 0. The third-order valence-corrected chi connectivity index (χ3v) is 3.04. The maximum absolute atomic E-state index is 3.27. The van der Waals surface area contributed by atoms with Gasteiger partial charge in [0, 0.05) is 6.04 Å². The lowest BCUT2D eigenvalue weighted by molar-refractivity contribution is 0.269. The van der Waals surface area contributed by atoms with Crippen LogP contribution in [0.3, 0.4) is 0 Å². The summed E-state index contributed by atoms with van der Waals surface area (Å²) in [7, 11) is 2.62. The van der Waals surface area contributed by atoms with Crippen molar-refractivity contribution in [3.8, 4) is 0 Å². The fourth-order valence-corrected chi connectivity index (χ4v) is 1.86. The summed E-state index contributed by atoms with van der Waals surface area (Å²) < 4.78 is 0. The molecule has 1 fully saturated rings. The van der Waals surface area contributed by atoms with Gasteiger partial charge in [0.15, 0.2) is 0 Å². The van der Waals surface area contributed by atoms with Crippen LogP contribution in [0.1, 0.15) is 39.0 Å². The van der Waals surface area contributed by atoms with Gasteiger partial charge in [0.2, 0.25) is 0 Å². The van der Waals surface area contributed by atoms with Gasteiger partial charge in [-0.1, -0.05) is 35.6 Å². The van der Waals surface area contributed by atoms with E-state index in [0.29, 0.717) is 0 Å². The van der Waals surface area contributed by atoms with Crippen molar-refractivity contribution in [1.29, 1.82) is 0 Å². The lowest BCUT2D eigenvalue weighted by Gasteiger charge is -2.28. The molecule has 1 N–H and O–H groups in total. The lowest BCUT2D eigenvalue weighted by Crippen LogP contribution is -2.25. The molecule has 2 atom stereocenters. The Bertz CT molecular complexity index is 87.3. The molecule has 0 aromatic carbocycles. The largest absolute Gasteiger partial charge is 0.298 e. The van der Waals surface area contributed by atoms with Crippen molar-refractivity contribution in [1.82, 2.24) is 5.09 Å². The van der Waals surface area contributed by atoms with Gasteiger partial charge in [-0.15, -0.1) is 0 Å². The number of rotatable bonds is 4. The van der Waals surface area contributed by atoms with Gasteiger partial charge >= 0.3 is 0 Å². The monoisotopic (exact) mass is 159 g/mol. The first kappa shape index (κ1) is 8.49. The van der Waals surface area contributed by atoms with Crippen LogP contribution in [0.5, 0.6) is 0 Å². The Kier molecular flexibility index (Phi) is 3.65. The predicted molar refractivity (Wildman–Crippen MR) is 48.9 cm³/mol. The third-order valence-electron chi connectivity index (χ3n) is 2.57. The van der Waals surface area contributed by atoms with Crippen LogP contribution < -0.4 is 5.09 Å². The Hall–Kier alpha value is 0.390. The molecule has 1 nitrogen and oxygen atoms in total. The molecule has 0 aromatic rings. The molecule has 0 radical (unpaired) electrons. The SMILES string of the molecule is CCC(CC1CCC1)NP. The first-order valence-electron chi connectivity index (χ1n) is 4.33. The summed E-state index contributed by atoms with van der Waals surface area (Å²) in [5, 5.41) is 3.27. The summed E-state index contributed by atoms with van der Waals surface area (Å²) in [6.07, 6.45) is 7.07. The van der Waals surface area contributed by atoms with E-state index in [-0.39, 0.29) is 0 Å². The Morgan fingerprint density at radius 1 is 1.60 bits per heavy atom. The molecule has 0 aromatic heterocycles. The van der Waals surface area contributed by atoms with E-state index in [2.05, 4.69) is 21.4 Å². The normalized spacial score (nSPS) is 22.2. The van der Waals surface area contributed by atoms with Crippen LogP contribution in [0, 0.1) is 5.92 Å². The van der Waals surface area contributed by atoms with E-state index in [9.17, 15) is 0 Å². The molecule has 1 saturated carbocycles. The molecule has 0 bridgehead atoms. The van der Waals surface area contributed by atoms with Crippen LogP contribution in [0.2, 0.25) is 0 Å². The van der Waals surface area contributed by atoms with Crippen LogP contribution in [0.25, 0.3) is 0 Å². The number of hydrogen-bond acceptors (Lipinski definition) is 1. The summed E-state index contributed by atoms with van der Waals surface area (Å²) in [5.41, 5.74) is 0. The molecule has 0 spiro atoms. The Balaban J connectivity index is 2.08. The second-order valence-electron chi connectivity index (χ2n) is 3.30. The van der Waals surface area contributed by atoms with E-state index in [1.165, 1.54) is 32.1 Å². The molecule has 1 aliphatic rings. The van der Waals surface area contributed by atoms with Crippen LogP contribution in [0.15, 0.2) is 0 Å². The number of nitrogens with one attached hydrogen (secondary N) is 1. The van der Waals surface area contributed by atoms with Crippen molar-refractivity contribution < 1.29 is 0 Å². The molecular formula is C8H18NP. The summed E-state index contributed by atoms with van der Waals surface area (Å²) in [4.78, 5) is 0. The van der Waals surface area contributed by atoms with Crippen LogP contribution in [-0.4, -0.2) is 6.04 Å². The Labute approximate surface area is 66.2 Å². The molecule has 0 heterocycles. The van der Waals surface area contributed by atoms with Gasteiger partial charge in [0.05, 0.1) is 0 Å². The molecule has 0 saturated heterocycles. The predicted octanol–water partition coefficient (Wildman–Crippen LogP) is 2.33. The first-order valence-corrected chi connectivity index (χ1v) is 4.90. The molecule has 0 aliphatic heterocycles. The maximum atomic E-state index is 3.27. The van der Waals surface area contributed by atoms with Crippen molar-refractivity contribution in [2.24, 2.45) is 5.92 Å². The summed E-state index contributed by atoms with van der Waals surface area (Å²) in [5.74, 6) is 1.04. The minimum absolute atomic E-state index is 0.746. The molecular weight excluding hydrogens is 141 g/mol. The second-order valence-corrected chi connectivity index (χ2v) is 3.64. The van der Waals surface area contributed by atoms with Crippen molar-refractivity contribution in [2.75, 3.05) is 0 Å². The van der Waals surface area contributed by atoms with Gasteiger partial charge in [0.1, 0.15) is 0 Å². The van der Waals surface area contributed by atoms with Gasteiger partial charge in [-0.05, 0) is 18.8 Å². The minimum atomic E-state index is 0.746. The Morgan fingerprint density at radius 3 is 2.60 bits per heavy atom. The van der Waals surface area contributed by atoms with E-state index < -0.39 is 0 Å². The van der Waals surface area contributed by atoms with E-state index >= 15 is 0 Å². The second kappa shape index (κ2) is 4.31. The molecule has 0 amide bonds. The van der Waals surface area contributed by atoms with Crippen LogP contribution in [0.4, 0.5) is 0 Å². The zero-order chi connectivity index (χ0) is 7.40. The van der Waals surface area contributed by atoms with E-state index in [0.717, 1.165) is 12.0 Å². The Morgan fingerprint density at radius 2 is 2.30 bits per heavy atom. The van der Waals surface area contributed by atoms with E-state index in [1.54, 1.807) is 0 Å². The average Bonchev–Trinajstić information content (AvgIpc) is 1.87. The standard InChI is InChI=1S/C8H18NP/c1-2-8(9-10)6-7-4-3-5-7/h7-9H,2-6,10H2,1H3. The first-order chi connectivity index (χ1) is 4.86. The molecule has 1 rings (SSSR count). The van der Waals surface area contributed by atoms with Gasteiger partial charge in [-0.3, -0.25) is 5.09 Å². The molecule has 1 aliphatic carbocycles. The zero-order valence-corrected chi connectivity index (χ0v) is 7.92. The highest BCUT2D eigenvalue weighted by molar-refractivity contribution is 7.13. The van der Waals surface area contributed by atoms with Crippen molar-refractivity contribution >= 4 is 9.39 Å². The highest BCUT2D eigenvalue weighted by Crippen LogP contribution is 2.31. The molecule has 10 heavy (non-hydrogen) atoms. The fraction of sp³-hybridized carbons (Fsp3) is 1.00. The quantitative estimate of drug-likeness (QED) is 0.621. The fourth-order valence-electron chi connectivity index (χ4n) is 1.48. The highest BCUT2D eigenvalue weighted by atomic mass is 31.0. The lowest BCUT2D eigenvalue weighted by atomic mass is 9.80. The van der Waals surface area contributed by atoms with Gasteiger partial charge in [0.25, 0.3) is 0 Å². The smallest absolute Gasteiger partial charge is 0.00988 e. The summed E-state index contributed by atoms with van der Waals surface area (Å²) in [6, 6.07) is 0.746. The van der Waals surface area contributed by atoms with Crippen molar-refractivity contribution in [2.45, 2.75) is 45.1 Å². The van der Waals surface area contributed by atoms with Gasteiger partial charge in [-0.2, -0.15) is 0 Å². The summed E-state index contributed by atoms with van der Waals surface area (Å²) in [6.45, 7) is 2.25. The molecule has 2 unspecified atom stereocenters. The molecule has 2 heteroatoms. The topological polar surface area (TPSA) is 12.0 Å². The van der Waals surface area contributed by atoms with Gasteiger partial charge in [-0.25, -0.2) is 0 Å². The van der Waals surface area contributed by atoms with Gasteiger partial charge < -0.3 is 0 Å². The number of hydrogen-bond donors (Lipinski definition) is 1. The van der Waals surface area contributed by atoms with Crippen LogP contribution >= 0.6 is 9.39 Å². The zero-order valence-electron chi connectivity index (χ0n) is 6.77. The maximum Gasteiger partial charge on any atom is 0.00988 e. The third kappa shape index (κ3) is 2.21. The van der Waals surface area contributed by atoms with Crippen LogP contribution in [-0.2, 0) is 0 Å².